The first kappa shape index (κ1) is 14.9. The largest absolute Gasteiger partial charge is 0.433 e. The zero-order valence-corrected chi connectivity index (χ0v) is 11.4. The molecule has 0 aromatic carbocycles. The molecular formula is C14H17F3N2O. The normalized spacial score (nSPS) is 15.0. The van der Waals surface area contributed by atoms with Gasteiger partial charge >= 0.3 is 6.18 Å². The number of hydrogen-bond donors (Lipinski definition) is 0. The average molecular weight is 286 g/mol. The quantitative estimate of drug-likeness (QED) is 0.853. The number of alkyl halides is 3. The molecule has 3 nitrogen and oxygen atoms in total. The van der Waals surface area contributed by atoms with Gasteiger partial charge in [-0.05, 0) is 39.0 Å². The first-order valence-electron chi connectivity index (χ1n) is 6.83. The Bertz CT molecular complexity index is 512. The van der Waals surface area contributed by atoms with Crippen LogP contribution in [0.3, 0.4) is 0 Å². The van der Waals surface area contributed by atoms with Gasteiger partial charge < -0.3 is 4.79 Å². The number of Topliss-reactive ketones (excluding diaryl/α,β-unsaturated/α-hetero) is 1. The fourth-order valence-electron chi connectivity index (χ4n) is 2.49. The molecule has 0 aliphatic heterocycles. The maximum absolute atomic E-state index is 13.1. The molecule has 6 heteroatoms. The Hall–Kier alpha value is -1.46. The first-order valence-corrected chi connectivity index (χ1v) is 6.83. The van der Waals surface area contributed by atoms with Crippen LogP contribution in [-0.4, -0.2) is 15.8 Å². The lowest BCUT2D eigenvalue weighted by Gasteiger charge is -2.20. The summed E-state index contributed by atoms with van der Waals surface area (Å²) in [5.41, 5.74) is 0.0236. The van der Waals surface area contributed by atoms with Crippen molar-refractivity contribution >= 4 is 5.78 Å². The van der Waals surface area contributed by atoms with Gasteiger partial charge in [0.15, 0.2) is 5.69 Å². The van der Waals surface area contributed by atoms with Gasteiger partial charge in [-0.2, -0.15) is 13.2 Å². The summed E-state index contributed by atoms with van der Waals surface area (Å²) < 4.78 is 39.2. The molecule has 0 N–H and O–H groups in total. The van der Waals surface area contributed by atoms with E-state index in [2.05, 4.69) is 9.97 Å². The van der Waals surface area contributed by atoms with E-state index in [1.807, 2.05) is 0 Å². The number of halogens is 3. The number of carbonyl (C=O) groups is 1. The Balaban J connectivity index is 2.28. The Labute approximate surface area is 115 Å². The van der Waals surface area contributed by atoms with Crippen LogP contribution < -0.4 is 0 Å². The number of aryl methyl sites for hydroxylation is 2. The highest BCUT2D eigenvalue weighted by Gasteiger charge is 2.37. The van der Waals surface area contributed by atoms with Gasteiger partial charge in [-0.25, -0.2) is 9.97 Å². The Morgan fingerprint density at radius 3 is 2.55 bits per heavy atom. The zero-order chi connectivity index (χ0) is 14.8. The van der Waals surface area contributed by atoms with Crippen LogP contribution in [0.15, 0.2) is 0 Å². The molecule has 0 radical (unpaired) electrons. The van der Waals surface area contributed by atoms with Crippen LogP contribution in [0.25, 0.3) is 0 Å². The molecule has 1 aromatic heterocycles. The second kappa shape index (κ2) is 5.89. The van der Waals surface area contributed by atoms with Crippen molar-refractivity contribution in [3.05, 3.63) is 22.8 Å². The van der Waals surface area contributed by atoms with E-state index in [4.69, 9.17) is 0 Å². The predicted molar refractivity (Wildman–Crippen MR) is 67.3 cm³/mol. The van der Waals surface area contributed by atoms with E-state index >= 15 is 0 Å². The summed E-state index contributed by atoms with van der Waals surface area (Å²) in [5, 5.41) is 0. The molecule has 0 atom stereocenters. The minimum absolute atomic E-state index is 0.0269. The first-order chi connectivity index (χ1) is 9.38. The van der Waals surface area contributed by atoms with Gasteiger partial charge in [0.05, 0.1) is 0 Å². The van der Waals surface area contributed by atoms with Crippen molar-refractivity contribution in [1.29, 1.82) is 0 Å². The van der Waals surface area contributed by atoms with Crippen LogP contribution in [0.2, 0.25) is 0 Å². The number of ketones is 1. The van der Waals surface area contributed by atoms with Crippen LogP contribution in [0.1, 0.15) is 55.4 Å². The Kier molecular flexibility index (Phi) is 4.40. The van der Waals surface area contributed by atoms with Gasteiger partial charge in [0.25, 0.3) is 0 Å². The molecule has 110 valence electrons. The van der Waals surface area contributed by atoms with Crippen molar-refractivity contribution in [2.45, 2.75) is 58.0 Å². The van der Waals surface area contributed by atoms with Crippen molar-refractivity contribution in [3.8, 4) is 0 Å². The lowest BCUT2D eigenvalue weighted by atomic mass is 9.94. The highest BCUT2D eigenvalue weighted by Crippen LogP contribution is 2.34. The highest BCUT2D eigenvalue weighted by molar-refractivity contribution is 5.75. The van der Waals surface area contributed by atoms with Crippen LogP contribution in [0.5, 0.6) is 0 Å². The Morgan fingerprint density at radius 1 is 1.20 bits per heavy atom. The van der Waals surface area contributed by atoms with E-state index in [1.54, 1.807) is 0 Å². The molecule has 2 rings (SSSR count). The van der Waals surface area contributed by atoms with Crippen molar-refractivity contribution in [2.75, 3.05) is 0 Å². The van der Waals surface area contributed by atoms with E-state index in [9.17, 15) is 18.0 Å². The van der Waals surface area contributed by atoms with Crippen LogP contribution in [0, 0.1) is 0 Å². The second-order valence-corrected chi connectivity index (χ2v) is 5.17. The van der Waals surface area contributed by atoms with Gasteiger partial charge in [-0.1, -0.05) is 0 Å². The molecule has 1 aliphatic carbocycles. The zero-order valence-electron chi connectivity index (χ0n) is 11.4. The third-order valence-electron chi connectivity index (χ3n) is 3.43. The summed E-state index contributed by atoms with van der Waals surface area (Å²) >= 11 is 0. The predicted octanol–water partition coefficient (Wildman–Crippen LogP) is 3.29. The van der Waals surface area contributed by atoms with E-state index in [0.29, 0.717) is 37.8 Å². The lowest BCUT2D eigenvalue weighted by molar-refractivity contribution is -0.142. The van der Waals surface area contributed by atoms with E-state index in [0.717, 1.165) is 12.8 Å². The lowest BCUT2D eigenvalue weighted by Crippen LogP contribution is -2.20. The monoisotopic (exact) mass is 286 g/mol. The number of fused-ring (bicyclic) bond motifs is 1. The van der Waals surface area contributed by atoms with Crippen molar-refractivity contribution in [1.82, 2.24) is 9.97 Å². The van der Waals surface area contributed by atoms with Gasteiger partial charge in [0, 0.05) is 24.1 Å². The Morgan fingerprint density at radius 2 is 1.90 bits per heavy atom. The molecule has 0 amide bonds. The molecule has 20 heavy (non-hydrogen) atoms. The molecule has 0 fully saturated rings. The molecule has 1 aromatic rings. The number of nitrogens with zero attached hydrogens (tertiary/aromatic N) is 2. The van der Waals surface area contributed by atoms with E-state index in [-0.39, 0.29) is 17.2 Å². The maximum Gasteiger partial charge on any atom is 0.433 e. The summed E-state index contributed by atoms with van der Waals surface area (Å²) in [5.74, 6) is 0.234. The molecule has 1 heterocycles. The molecule has 0 saturated heterocycles. The summed E-state index contributed by atoms with van der Waals surface area (Å²) in [7, 11) is 0. The smallest absolute Gasteiger partial charge is 0.300 e. The van der Waals surface area contributed by atoms with Gasteiger partial charge in [0.1, 0.15) is 11.6 Å². The van der Waals surface area contributed by atoms with E-state index < -0.39 is 11.9 Å². The molecule has 0 spiro atoms. The third kappa shape index (κ3) is 3.55. The number of aromatic nitrogens is 2. The number of carbonyl (C=O) groups excluding carboxylic acids is 1. The molecule has 0 saturated carbocycles. The van der Waals surface area contributed by atoms with E-state index in [1.165, 1.54) is 6.92 Å². The topological polar surface area (TPSA) is 42.9 Å². The van der Waals surface area contributed by atoms with Crippen LogP contribution >= 0.6 is 0 Å². The summed E-state index contributed by atoms with van der Waals surface area (Å²) in [6, 6.07) is 0. The van der Waals surface area contributed by atoms with Gasteiger partial charge in [-0.3, -0.25) is 0 Å². The SMILES string of the molecule is CC(=O)CCCc1nc2c(c(C(F)(F)F)n1)CCCC2. The third-order valence-corrected chi connectivity index (χ3v) is 3.43. The number of rotatable bonds is 4. The fraction of sp³-hybridized carbons (Fsp3) is 0.643. The number of hydrogen-bond acceptors (Lipinski definition) is 3. The van der Waals surface area contributed by atoms with Crippen molar-refractivity contribution < 1.29 is 18.0 Å². The van der Waals surface area contributed by atoms with Gasteiger partial charge in [0.2, 0.25) is 0 Å². The molecule has 0 bridgehead atoms. The second-order valence-electron chi connectivity index (χ2n) is 5.17. The van der Waals surface area contributed by atoms with Crippen LogP contribution in [0.4, 0.5) is 13.2 Å². The van der Waals surface area contributed by atoms with Gasteiger partial charge in [-0.15, -0.1) is 0 Å². The molecule has 1 aliphatic rings. The van der Waals surface area contributed by atoms with Crippen molar-refractivity contribution in [2.24, 2.45) is 0 Å². The molecule has 0 unspecified atom stereocenters. The molecular weight excluding hydrogens is 269 g/mol. The minimum atomic E-state index is -4.43. The standard InChI is InChI=1S/C14H17F3N2O/c1-9(20)5-4-8-12-18-11-7-3-2-6-10(11)13(19-12)14(15,16)17/h2-8H2,1H3. The minimum Gasteiger partial charge on any atom is -0.300 e. The average Bonchev–Trinajstić information content (AvgIpc) is 2.36. The summed E-state index contributed by atoms with van der Waals surface area (Å²) in [6.07, 6.45) is -0.668. The summed E-state index contributed by atoms with van der Waals surface area (Å²) in [6.45, 7) is 1.47. The van der Waals surface area contributed by atoms with Crippen molar-refractivity contribution in [3.63, 3.8) is 0 Å². The van der Waals surface area contributed by atoms with Crippen LogP contribution in [-0.2, 0) is 30.2 Å². The highest BCUT2D eigenvalue weighted by atomic mass is 19.4. The summed E-state index contributed by atoms with van der Waals surface area (Å²) in [4.78, 5) is 18.8. The fourth-order valence-corrected chi connectivity index (χ4v) is 2.49. The maximum atomic E-state index is 13.1.